The molecule has 0 fully saturated rings. The van der Waals surface area contributed by atoms with Crippen LogP contribution in [0, 0.1) is 5.82 Å². The SMILES string of the molecule is CC(=O)SCC(O)C(O)c1cc(F)ccc1CC(=O)O. The van der Waals surface area contributed by atoms with Gasteiger partial charge < -0.3 is 15.3 Å². The molecule has 2 atom stereocenters. The molecule has 20 heavy (non-hydrogen) atoms. The van der Waals surface area contributed by atoms with Crippen molar-refractivity contribution in [3.8, 4) is 0 Å². The Morgan fingerprint density at radius 2 is 2.00 bits per heavy atom. The molecule has 1 aromatic carbocycles. The quantitative estimate of drug-likeness (QED) is 0.729. The summed E-state index contributed by atoms with van der Waals surface area (Å²) in [5.41, 5.74) is 0.238. The second kappa shape index (κ2) is 7.37. The number of thioether (sulfide) groups is 1. The van der Waals surface area contributed by atoms with Crippen LogP contribution in [0.25, 0.3) is 0 Å². The third-order valence-electron chi connectivity index (χ3n) is 2.59. The molecule has 0 radical (unpaired) electrons. The zero-order valence-electron chi connectivity index (χ0n) is 10.7. The van der Waals surface area contributed by atoms with Crippen molar-refractivity contribution in [1.82, 2.24) is 0 Å². The Bertz CT molecular complexity index is 506. The third-order valence-corrected chi connectivity index (χ3v) is 3.50. The lowest BCUT2D eigenvalue weighted by molar-refractivity contribution is -0.136. The monoisotopic (exact) mass is 302 g/mol. The highest BCUT2D eigenvalue weighted by Crippen LogP contribution is 2.25. The summed E-state index contributed by atoms with van der Waals surface area (Å²) < 4.78 is 13.2. The van der Waals surface area contributed by atoms with Gasteiger partial charge in [0.25, 0.3) is 0 Å². The van der Waals surface area contributed by atoms with Gasteiger partial charge in [-0.25, -0.2) is 4.39 Å². The highest BCUT2D eigenvalue weighted by atomic mass is 32.2. The Kier molecular flexibility index (Phi) is 6.12. The number of benzene rings is 1. The van der Waals surface area contributed by atoms with Crippen LogP contribution < -0.4 is 0 Å². The Morgan fingerprint density at radius 3 is 2.55 bits per heavy atom. The molecule has 0 heterocycles. The summed E-state index contributed by atoms with van der Waals surface area (Å²) in [4.78, 5) is 21.5. The number of aliphatic hydroxyl groups is 2. The third kappa shape index (κ3) is 4.92. The number of halogens is 1. The van der Waals surface area contributed by atoms with Gasteiger partial charge in [0.2, 0.25) is 0 Å². The van der Waals surface area contributed by atoms with Crippen molar-refractivity contribution < 1.29 is 29.3 Å². The molecule has 0 aliphatic heterocycles. The van der Waals surface area contributed by atoms with E-state index in [9.17, 15) is 24.2 Å². The number of carbonyl (C=O) groups is 2. The number of hydrogen-bond acceptors (Lipinski definition) is 5. The number of aliphatic hydroxyl groups excluding tert-OH is 2. The summed E-state index contributed by atoms with van der Waals surface area (Å²) in [6, 6.07) is 3.34. The van der Waals surface area contributed by atoms with Crippen LogP contribution in [0.15, 0.2) is 18.2 Å². The molecular formula is C13H15FO5S. The minimum atomic E-state index is -1.45. The van der Waals surface area contributed by atoms with Crippen LogP contribution in [0.1, 0.15) is 24.2 Å². The molecule has 0 aromatic heterocycles. The predicted octanol–water partition coefficient (Wildman–Crippen LogP) is 1.13. The molecule has 0 aliphatic rings. The molecule has 0 saturated carbocycles. The van der Waals surface area contributed by atoms with Crippen LogP contribution in [0.3, 0.4) is 0 Å². The van der Waals surface area contributed by atoms with E-state index in [-0.39, 0.29) is 28.4 Å². The first-order valence-electron chi connectivity index (χ1n) is 5.81. The van der Waals surface area contributed by atoms with Gasteiger partial charge in [-0.15, -0.1) is 0 Å². The molecule has 110 valence electrons. The summed E-state index contributed by atoms with van der Waals surface area (Å²) in [6.07, 6.45) is -3.13. The van der Waals surface area contributed by atoms with Gasteiger partial charge >= 0.3 is 5.97 Å². The first kappa shape index (κ1) is 16.6. The molecule has 1 rings (SSSR count). The number of carboxylic acid groups (broad SMARTS) is 1. The Labute approximate surface area is 119 Å². The fraction of sp³-hybridized carbons (Fsp3) is 0.385. The standard InChI is InChI=1S/C13H15FO5S/c1-7(15)20-6-11(16)13(19)10-5-9(14)3-2-8(10)4-12(17)18/h2-3,5,11,13,16,19H,4,6H2,1H3,(H,17,18). The van der Waals surface area contributed by atoms with Crippen molar-refractivity contribution in [2.75, 3.05) is 5.75 Å². The van der Waals surface area contributed by atoms with Gasteiger partial charge in [-0.2, -0.15) is 0 Å². The van der Waals surface area contributed by atoms with E-state index in [1.54, 1.807) is 0 Å². The largest absolute Gasteiger partial charge is 0.481 e. The van der Waals surface area contributed by atoms with E-state index >= 15 is 0 Å². The van der Waals surface area contributed by atoms with Gasteiger partial charge in [-0.1, -0.05) is 17.8 Å². The van der Waals surface area contributed by atoms with Crippen LogP contribution in [0.5, 0.6) is 0 Å². The first-order chi connectivity index (χ1) is 9.31. The van der Waals surface area contributed by atoms with Crippen molar-refractivity contribution in [2.45, 2.75) is 25.6 Å². The van der Waals surface area contributed by atoms with E-state index in [1.165, 1.54) is 13.0 Å². The number of carbonyl (C=O) groups excluding carboxylic acids is 1. The molecule has 1 aromatic rings. The van der Waals surface area contributed by atoms with Crippen LogP contribution in [0.2, 0.25) is 0 Å². The van der Waals surface area contributed by atoms with Crippen molar-refractivity contribution in [1.29, 1.82) is 0 Å². The minimum Gasteiger partial charge on any atom is -0.481 e. The second-order valence-corrected chi connectivity index (χ2v) is 5.43. The fourth-order valence-corrected chi connectivity index (χ4v) is 2.25. The highest BCUT2D eigenvalue weighted by molar-refractivity contribution is 8.13. The van der Waals surface area contributed by atoms with Crippen LogP contribution in [-0.4, -0.2) is 38.3 Å². The number of hydrogen-bond donors (Lipinski definition) is 3. The first-order valence-corrected chi connectivity index (χ1v) is 6.79. The Hall–Kier alpha value is -1.44. The lowest BCUT2D eigenvalue weighted by Gasteiger charge is -2.20. The fourth-order valence-electron chi connectivity index (χ4n) is 1.67. The molecule has 0 amide bonds. The smallest absolute Gasteiger partial charge is 0.307 e. The summed E-state index contributed by atoms with van der Waals surface area (Å²) in [6.45, 7) is 1.32. The lowest BCUT2D eigenvalue weighted by atomic mass is 9.97. The maximum atomic E-state index is 13.2. The zero-order chi connectivity index (χ0) is 15.3. The Morgan fingerprint density at radius 1 is 1.35 bits per heavy atom. The topological polar surface area (TPSA) is 94.8 Å². The number of aliphatic carboxylic acids is 1. The number of carboxylic acids is 1. The number of rotatable bonds is 6. The van der Waals surface area contributed by atoms with Crippen LogP contribution in [0.4, 0.5) is 4.39 Å². The van der Waals surface area contributed by atoms with Crippen LogP contribution >= 0.6 is 11.8 Å². The predicted molar refractivity (Wildman–Crippen MR) is 71.8 cm³/mol. The van der Waals surface area contributed by atoms with Gasteiger partial charge in [0.05, 0.1) is 12.5 Å². The molecule has 0 aliphatic carbocycles. The highest BCUT2D eigenvalue weighted by Gasteiger charge is 2.23. The van der Waals surface area contributed by atoms with E-state index in [4.69, 9.17) is 5.11 Å². The molecule has 3 N–H and O–H groups in total. The van der Waals surface area contributed by atoms with Crippen molar-refractivity contribution in [3.05, 3.63) is 35.1 Å². The van der Waals surface area contributed by atoms with E-state index in [0.717, 1.165) is 23.9 Å². The van der Waals surface area contributed by atoms with E-state index in [1.807, 2.05) is 0 Å². The molecule has 7 heteroatoms. The minimum absolute atomic E-state index is 0.0176. The van der Waals surface area contributed by atoms with Gasteiger partial charge in [-0.3, -0.25) is 9.59 Å². The van der Waals surface area contributed by atoms with E-state index in [0.29, 0.717) is 0 Å². The molecule has 0 saturated heterocycles. The molecule has 0 spiro atoms. The van der Waals surface area contributed by atoms with Gasteiger partial charge in [0, 0.05) is 12.7 Å². The summed E-state index contributed by atoms with van der Waals surface area (Å²) in [7, 11) is 0. The van der Waals surface area contributed by atoms with Gasteiger partial charge in [0.15, 0.2) is 5.12 Å². The maximum absolute atomic E-state index is 13.2. The second-order valence-electron chi connectivity index (χ2n) is 4.23. The molecular weight excluding hydrogens is 287 g/mol. The van der Waals surface area contributed by atoms with E-state index < -0.39 is 24.0 Å². The van der Waals surface area contributed by atoms with Crippen molar-refractivity contribution >= 4 is 22.8 Å². The van der Waals surface area contributed by atoms with Gasteiger partial charge in [-0.05, 0) is 23.3 Å². The average molecular weight is 302 g/mol. The molecule has 5 nitrogen and oxygen atoms in total. The maximum Gasteiger partial charge on any atom is 0.307 e. The summed E-state index contributed by atoms with van der Waals surface area (Å²) >= 11 is 0.827. The van der Waals surface area contributed by atoms with E-state index in [2.05, 4.69) is 0 Å². The van der Waals surface area contributed by atoms with Crippen molar-refractivity contribution in [2.24, 2.45) is 0 Å². The summed E-state index contributed by atoms with van der Waals surface area (Å²) in [5.74, 6) is -1.82. The summed E-state index contributed by atoms with van der Waals surface area (Å²) in [5, 5.41) is 28.3. The Balaban J connectivity index is 2.94. The lowest BCUT2D eigenvalue weighted by Crippen LogP contribution is -2.23. The zero-order valence-corrected chi connectivity index (χ0v) is 11.6. The van der Waals surface area contributed by atoms with Crippen molar-refractivity contribution in [3.63, 3.8) is 0 Å². The van der Waals surface area contributed by atoms with Gasteiger partial charge in [0.1, 0.15) is 11.9 Å². The molecule has 2 unspecified atom stereocenters. The molecule has 0 bridgehead atoms. The van der Waals surface area contributed by atoms with Crippen LogP contribution in [-0.2, 0) is 16.0 Å². The normalized spacial score (nSPS) is 13.8. The average Bonchev–Trinajstić information content (AvgIpc) is 2.36.